The summed E-state index contributed by atoms with van der Waals surface area (Å²) >= 11 is 0. The SMILES string of the molecule is CC(OCCCO)C(=O)Nc1ccc(CN)cc1. The van der Waals surface area contributed by atoms with Crippen molar-refractivity contribution in [2.24, 2.45) is 5.73 Å². The van der Waals surface area contributed by atoms with E-state index in [4.69, 9.17) is 15.6 Å². The van der Waals surface area contributed by atoms with Crippen LogP contribution >= 0.6 is 0 Å². The van der Waals surface area contributed by atoms with Gasteiger partial charge in [0.1, 0.15) is 6.10 Å². The molecule has 18 heavy (non-hydrogen) atoms. The maximum atomic E-state index is 11.7. The van der Waals surface area contributed by atoms with Gasteiger partial charge in [-0.05, 0) is 31.0 Å². The number of nitrogens with one attached hydrogen (secondary N) is 1. The molecule has 1 aromatic rings. The zero-order valence-electron chi connectivity index (χ0n) is 10.6. The van der Waals surface area contributed by atoms with Gasteiger partial charge in [0.15, 0.2) is 0 Å². The molecule has 5 nitrogen and oxygen atoms in total. The highest BCUT2D eigenvalue weighted by atomic mass is 16.5. The number of rotatable bonds is 7. The van der Waals surface area contributed by atoms with Crippen LogP contribution < -0.4 is 11.1 Å². The van der Waals surface area contributed by atoms with Crippen molar-refractivity contribution in [2.75, 3.05) is 18.5 Å². The summed E-state index contributed by atoms with van der Waals surface area (Å²) in [5, 5.41) is 11.4. The summed E-state index contributed by atoms with van der Waals surface area (Å²) in [4.78, 5) is 11.7. The molecule has 100 valence electrons. The standard InChI is InChI=1S/C13H20N2O3/c1-10(18-8-2-7-16)13(17)15-12-5-3-11(9-14)4-6-12/h3-6,10,16H,2,7-9,14H2,1H3,(H,15,17). The van der Waals surface area contributed by atoms with Crippen molar-refractivity contribution in [3.05, 3.63) is 29.8 Å². The molecule has 5 heteroatoms. The van der Waals surface area contributed by atoms with E-state index < -0.39 is 6.10 Å². The molecule has 0 heterocycles. The number of nitrogens with two attached hydrogens (primary N) is 1. The molecule has 1 rings (SSSR count). The Hall–Kier alpha value is -1.43. The number of anilines is 1. The van der Waals surface area contributed by atoms with Gasteiger partial charge in [0, 0.05) is 25.4 Å². The Balaban J connectivity index is 2.42. The van der Waals surface area contributed by atoms with E-state index in [1.165, 1.54) is 0 Å². The summed E-state index contributed by atoms with van der Waals surface area (Å²) in [7, 11) is 0. The molecule has 1 aromatic carbocycles. The lowest BCUT2D eigenvalue weighted by atomic mass is 10.2. The fraction of sp³-hybridized carbons (Fsp3) is 0.462. The number of aliphatic hydroxyl groups excluding tert-OH is 1. The van der Waals surface area contributed by atoms with Gasteiger partial charge in [-0.1, -0.05) is 12.1 Å². The number of aliphatic hydroxyl groups is 1. The van der Waals surface area contributed by atoms with Crippen molar-refractivity contribution in [3.8, 4) is 0 Å². The Labute approximate surface area is 107 Å². The number of amides is 1. The molecule has 0 aliphatic heterocycles. The Morgan fingerprint density at radius 3 is 2.67 bits per heavy atom. The lowest BCUT2D eigenvalue weighted by Crippen LogP contribution is -2.28. The quantitative estimate of drug-likeness (QED) is 0.629. The predicted octanol–water partition coefficient (Wildman–Crippen LogP) is 0.871. The zero-order valence-corrected chi connectivity index (χ0v) is 10.6. The van der Waals surface area contributed by atoms with Crippen LogP contribution in [0.4, 0.5) is 5.69 Å². The number of carbonyl (C=O) groups excluding carboxylic acids is 1. The summed E-state index contributed by atoms with van der Waals surface area (Å²) < 4.78 is 5.27. The highest BCUT2D eigenvalue weighted by Crippen LogP contribution is 2.10. The minimum Gasteiger partial charge on any atom is -0.396 e. The summed E-state index contributed by atoms with van der Waals surface area (Å²) in [6.45, 7) is 2.60. The Morgan fingerprint density at radius 2 is 2.11 bits per heavy atom. The van der Waals surface area contributed by atoms with Crippen LogP contribution in [-0.2, 0) is 16.1 Å². The Morgan fingerprint density at radius 1 is 1.44 bits per heavy atom. The molecule has 1 atom stereocenters. The van der Waals surface area contributed by atoms with Crippen molar-refractivity contribution in [1.82, 2.24) is 0 Å². The third kappa shape index (κ3) is 4.83. The van der Waals surface area contributed by atoms with Gasteiger partial charge in [-0.2, -0.15) is 0 Å². The van der Waals surface area contributed by atoms with Crippen LogP contribution in [0.3, 0.4) is 0 Å². The first-order valence-corrected chi connectivity index (χ1v) is 5.99. The molecule has 0 fully saturated rings. The van der Waals surface area contributed by atoms with E-state index in [1.807, 2.05) is 12.1 Å². The highest BCUT2D eigenvalue weighted by Gasteiger charge is 2.12. The molecule has 0 saturated carbocycles. The highest BCUT2D eigenvalue weighted by molar-refractivity contribution is 5.93. The summed E-state index contributed by atoms with van der Waals surface area (Å²) in [6, 6.07) is 7.35. The van der Waals surface area contributed by atoms with E-state index in [9.17, 15) is 4.79 Å². The van der Waals surface area contributed by atoms with Gasteiger partial charge >= 0.3 is 0 Å². The number of benzene rings is 1. The van der Waals surface area contributed by atoms with E-state index >= 15 is 0 Å². The van der Waals surface area contributed by atoms with Crippen LogP contribution in [0.2, 0.25) is 0 Å². The molecule has 0 saturated heterocycles. The van der Waals surface area contributed by atoms with Gasteiger partial charge in [-0.15, -0.1) is 0 Å². The van der Waals surface area contributed by atoms with E-state index in [2.05, 4.69) is 5.32 Å². The second-order valence-corrected chi connectivity index (χ2v) is 3.98. The zero-order chi connectivity index (χ0) is 13.4. The largest absolute Gasteiger partial charge is 0.396 e. The predicted molar refractivity (Wildman–Crippen MR) is 70.1 cm³/mol. The van der Waals surface area contributed by atoms with E-state index in [0.29, 0.717) is 19.6 Å². The third-order valence-electron chi connectivity index (χ3n) is 2.50. The lowest BCUT2D eigenvalue weighted by molar-refractivity contribution is -0.126. The van der Waals surface area contributed by atoms with Gasteiger partial charge < -0.3 is 20.9 Å². The monoisotopic (exact) mass is 252 g/mol. The maximum Gasteiger partial charge on any atom is 0.253 e. The fourth-order valence-corrected chi connectivity index (χ4v) is 1.37. The van der Waals surface area contributed by atoms with Crippen molar-refractivity contribution in [2.45, 2.75) is 26.0 Å². The lowest BCUT2D eigenvalue weighted by Gasteiger charge is -2.13. The summed E-state index contributed by atoms with van der Waals surface area (Å²) in [5.74, 6) is -0.201. The first-order chi connectivity index (χ1) is 8.67. The van der Waals surface area contributed by atoms with E-state index in [0.717, 1.165) is 11.3 Å². The first kappa shape index (κ1) is 14.6. The van der Waals surface area contributed by atoms with E-state index in [-0.39, 0.29) is 12.5 Å². The minimum absolute atomic E-state index is 0.0644. The van der Waals surface area contributed by atoms with Crippen molar-refractivity contribution in [3.63, 3.8) is 0 Å². The molecule has 1 amide bonds. The molecule has 0 aromatic heterocycles. The molecular formula is C13H20N2O3. The molecule has 0 spiro atoms. The van der Waals surface area contributed by atoms with Crippen LogP contribution in [0.5, 0.6) is 0 Å². The molecule has 4 N–H and O–H groups in total. The second kappa shape index (κ2) is 7.81. The topological polar surface area (TPSA) is 84.6 Å². The smallest absolute Gasteiger partial charge is 0.253 e. The molecule has 1 unspecified atom stereocenters. The van der Waals surface area contributed by atoms with Gasteiger partial charge in [0.05, 0.1) is 0 Å². The third-order valence-corrected chi connectivity index (χ3v) is 2.50. The average Bonchev–Trinajstić information content (AvgIpc) is 2.39. The van der Waals surface area contributed by atoms with Crippen molar-refractivity contribution < 1.29 is 14.6 Å². The molecule has 0 aliphatic rings. The van der Waals surface area contributed by atoms with Crippen LogP contribution in [0.15, 0.2) is 24.3 Å². The van der Waals surface area contributed by atoms with E-state index in [1.54, 1.807) is 19.1 Å². The number of carbonyl (C=O) groups is 1. The van der Waals surface area contributed by atoms with Gasteiger partial charge in [0.2, 0.25) is 0 Å². The first-order valence-electron chi connectivity index (χ1n) is 5.99. The number of ether oxygens (including phenoxy) is 1. The summed E-state index contributed by atoms with van der Waals surface area (Å²) in [5.41, 5.74) is 7.22. The molecular weight excluding hydrogens is 232 g/mol. The van der Waals surface area contributed by atoms with Gasteiger partial charge in [-0.25, -0.2) is 0 Å². The van der Waals surface area contributed by atoms with Gasteiger partial charge in [-0.3, -0.25) is 4.79 Å². The van der Waals surface area contributed by atoms with Crippen molar-refractivity contribution in [1.29, 1.82) is 0 Å². The number of hydrogen-bond donors (Lipinski definition) is 3. The summed E-state index contributed by atoms with van der Waals surface area (Å²) in [6.07, 6.45) is -0.00578. The maximum absolute atomic E-state index is 11.7. The van der Waals surface area contributed by atoms with Gasteiger partial charge in [0.25, 0.3) is 5.91 Å². The van der Waals surface area contributed by atoms with Crippen LogP contribution in [0.25, 0.3) is 0 Å². The Kier molecular flexibility index (Phi) is 6.35. The van der Waals surface area contributed by atoms with Crippen molar-refractivity contribution >= 4 is 11.6 Å². The normalized spacial score (nSPS) is 12.2. The Bertz CT molecular complexity index is 365. The second-order valence-electron chi connectivity index (χ2n) is 3.98. The van der Waals surface area contributed by atoms with Crippen LogP contribution in [0, 0.1) is 0 Å². The average molecular weight is 252 g/mol. The minimum atomic E-state index is -0.536. The fourth-order valence-electron chi connectivity index (χ4n) is 1.37. The van der Waals surface area contributed by atoms with Crippen LogP contribution in [0.1, 0.15) is 18.9 Å². The van der Waals surface area contributed by atoms with Crippen LogP contribution in [-0.4, -0.2) is 30.3 Å². The molecule has 0 bridgehead atoms. The molecule has 0 radical (unpaired) electrons. The number of hydrogen-bond acceptors (Lipinski definition) is 4. The molecule has 0 aliphatic carbocycles.